The number of aryl methyl sites for hydroxylation is 1. The highest BCUT2D eigenvalue weighted by Crippen LogP contribution is 2.34. The lowest BCUT2D eigenvalue weighted by Crippen LogP contribution is -2.23. The van der Waals surface area contributed by atoms with Crippen LogP contribution < -0.4 is 4.74 Å². The maximum absolute atomic E-state index is 13.6. The van der Waals surface area contributed by atoms with E-state index in [4.69, 9.17) is 4.74 Å². The molecule has 0 saturated heterocycles. The lowest BCUT2D eigenvalue weighted by molar-refractivity contribution is 0.213. The van der Waals surface area contributed by atoms with Gasteiger partial charge in [-0.3, -0.25) is 0 Å². The first-order valence-electron chi connectivity index (χ1n) is 4.88. The summed E-state index contributed by atoms with van der Waals surface area (Å²) in [6.45, 7) is 5.47. The average molecular weight is 212 g/mol. The summed E-state index contributed by atoms with van der Waals surface area (Å²) in [5.74, 6) is -0.159. The molecule has 0 fully saturated rings. The Hall–Kier alpha value is -1.09. The molecule has 2 nitrogen and oxygen atoms in total. The normalized spacial score (nSPS) is 11.6. The van der Waals surface area contributed by atoms with Crippen LogP contribution in [0.1, 0.15) is 25.0 Å². The van der Waals surface area contributed by atoms with Crippen LogP contribution in [0.25, 0.3) is 0 Å². The summed E-state index contributed by atoms with van der Waals surface area (Å²) in [4.78, 5) is 0. The molecule has 0 aliphatic carbocycles. The van der Waals surface area contributed by atoms with E-state index in [1.165, 1.54) is 13.2 Å². The predicted molar refractivity (Wildman–Crippen MR) is 57.8 cm³/mol. The highest BCUT2D eigenvalue weighted by Gasteiger charge is 2.25. The van der Waals surface area contributed by atoms with E-state index in [1.54, 1.807) is 0 Å². The molecular weight excluding hydrogens is 195 g/mol. The van der Waals surface area contributed by atoms with Crippen molar-refractivity contribution in [2.75, 3.05) is 13.7 Å². The SMILES string of the molecule is COc1c(F)cc(C)cc1C(C)(C)CO. The van der Waals surface area contributed by atoms with Crippen molar-refractivity contribution < 1.29 is 14.2 Å². The lowest BCUT2D eigenvalue weighted by Gasteiger charge is -2.25. The molecule has 1 rings (SSSR count). The van der Waals surface area contributed by atoms with Crippen LogP contribution in [0.5, 0.6) is 5.75 Å². The van der Waals surface area contributed by atoms with Gasteiger partial charge in [-0.25, -0.2) is 4.39 Å². The van der Waals surface area contributed by atoms with Crippen molar-refractivity contribution in [1.29, 1.82) is 0 Å². The number of ether oxygens (including phenoxy) is 1. The first-order valence-corrected chi connectivity index (χ1v) is 4.88. The van der Waals surface area contributed by atoms with Crippen LogP contribution in [0.4, 0.5) is 4.39 Å². The third-order valence-corrected chi connectivity index (χ3v) is 2.52. The molecule has 1 aromatic rings. The fraction of sp³-hybridized carbons (Fsp3) is 0.500. The zero-order valence-corrected chi connectivity index (χ0v) is 9.60. The Bertz CT molecular complexity index is 359. The van der Waals surface area contributed by atoms with Crippen molar-refractivity contribution in [3.8, 4) is 5.75 Å². The summed E-state index contributed by atoms with van der Waals surface area (Å²) < 4.78 is 18.6. The number of benzene rings is 1. The van der Waals surface area contributed by atoms with Gasteiger partial charge in [0.1, 0.15) is 0 Å². The van der Waals surface area contributed by atoms with Crippen LogP contribution in [0.2, 0.25) is 0 Å². The van der Waals surface area contributed by atoms with Crippen LogP contribution in [0.3, 0.4) is 0 Å². The third kappa shape index (κ3) is 2.29. The molecule has 15 heavy (non-hydrogen) atoms. The molecule has 0 atom stereocenters. The van der Waals surface area contributed by atoms with E-state index in [-0.39, 0.29) is 18.2 Å². The second kappa shape index (κ2) is 4.19. The Morgan fingerprint density at radius 3 is 2.47 bits per heavy atom. The molecule has 0 bridgehead atoms. The maximum Gasteiger partial charge on any atom is 0.165 e. The molecule has 0 amide bonds. The Morgan fingerprint density at radius 1 is 1.40 bits per heavy atom. The average Bonchev–Trinajstić information content (AvgIpc) is 2.16. The summed E-state index contributed by atoms with van der Waals surface area (Å²) in [7, 11) is 1.44. The largest absolute Gasteiger partial charge is 0.493 e. The summed E-state index contributed by atoms with van der Waals surface area (Å²) in [5.41, 5.74) is 1.02. The number of hydrogen-bond donors (Lipinski definition) is 1. The number of rotatable bonds is 3. The van der Waals surface area contributed by atoms with Gasteiger partial charge in [0.25, 0.3) is 0 Å². The molecule has 1 aromatic carbocycles. The first kappa shape index (κ1) is 12.0. The van der Waals surface area contributed by atoms with Crippen LogP contribution in [0.15, 0.2) is 12.1 Å². The highest BCUT2D eigenvalue weighted by molar-refractivity contribution is 5.43. The molecule has 0 aliphatic rings. The summed E-state index contributed by atoms with van der Waals surface area (Å²) in [6.07, 6.45) is 0. The molecular formula is C12H17FO2. The second-order valence-corrected chi connectivity index (χ2v) is 4.37. The van der Waals surface area contributed by atoms with Gasteiger partial charge in [0, 0.05) is 11.0 Å². The van der Waals surface area contributed by atoms with Gasteiger partial charge in [0.15, 0.2) is 11.6 Å². The summed E-state index contributed by atoms with van der Waals surface area (Å²) in [6, 6.07) is 3.27. The van der Waals surface area contributed by atoms with Gasteiger partial charge in [-0.05, 0) is 18.6 Å². The fourth-order valence-electron chi connectivity index (χ4n) is 1.52. The van der Waals surface area contributed by atoms with E-state index in [2.05, 4.69) is 0 Å². The van der Waals surface area contributed by atoms with Gasteiger partial charge in [-0.15, -0.1) is 0 Å². The van der Waals surface area contributed by atoms with Gasteiger partial charge in [0.05, 0.1) is 13.7 Å². The van der Waals surface area contributed by atoms with E-state index in [0.29, 0.717) is 5.56 Å². The standard InChI is InChI=1S/C12H17FO2/c1-8-5-9(12(2,3)7-14)11(15-4)10(13)6-8/h5-6,14H,7H2,1-4H3. The van der Waals surface area contributed by atoms with Crippen molar-refractivity contribution in [2.45, 2.75) is 26.2 Å². The lowest BCUT2D eigenvalue weighted by atomic mass is 9.84. The number of methoxy groups -OCH3 is 1. The van der Waals surface area contributed by atoms with Crippen molar-refractivity contribution in [3.63, 3.8) is 0 Å². The minimum Gasteiger partial charge on any atom is -0.493 e. The molecule has 0 unspecified atom stereocenters. The molecule has 0 spiro atoms. The minimum absolute atomic E-state index is 0.0494. The van der Waals surface area contributed by atoms with E-state index in [9.17, 15) is 9.50 Å². The molecule has 0 aliphatic heterocycles. The summed E-state index contributed by atoms with van der Waals surface area (Å²) >= 11 is 0. The van der Waals surface area contributed by atoms with Gasteiger partial charge >= 0.3 is 0 Å². The summed E-state index contributed by atoms with van der Waals surface area (Å²) in [5, 5.41) is 9.27. The van der Waals surface area contributed by atoms with Crippen molar-refractivity contribution in [3.05, 3.63) is 29.1 Å². The Kier molecular flexibility index (Phi) is 3.35. The van der Waals surface area contributed by atoms with E-state index >= 15 is 0 Å². The van der Waals surface area contributed by atoms with Gasteiger partial charge in [-0.2, -0.15) is 0 Å². The molecule has 1 N–H and O–H groups in total. The number of aliphatic hydroxyl groups is 1. The molecule has 0 radical (unpaired) electrons. The molecule has 0 aromatic heterocycles. The van der Waals surface area contributed by atoms with Crippen LogP contribution in [0, 0.1) is 12.7 Å². The predicted octanol–water partition coefficient (Wildman–Crippen LogP) is 2.41. The zero-order chi connectivity index (χ0) is 11.6. The van der Waals surface area contributed by atoms with Crippen molar-refractivity contribution in [1.82, 2.24) is 0 Å². The van der Waals surface area contributed by atoms with Crippen LogP contribution in [-0.2, 0) is 5.41 Å². The number of hydrogen-bond acceptors (Lipinski definition) is 2. The monoisotopic (exact) mass is 212 g/mol. The number of halogens is 1. The smallest absolute Gasteiger partial charge is 0.165 e. The first-order chi connectivity index (χ1) is 6.92. The second-order valence-electron chi connectivity index (χ2n) is 4.37. The highest BCUT2D eigenvalue weighted by atomic mass is 19.1. The molecule has 0 heterocycles. The van der Waals surface area contributed by atoms with Gasteiger partial charge in [0.2, 0.25) is 0 Å². The van der Waals surface area contributed by atoms with E-state index < -0.39 is 5.41 Å². The Morgan fingerprint density at radius 2 is 2.00 bits per heavy atom. The Labute approximate surface area is 89.7 Å². The quantitative estimate of drug-likeness (QED) is 0.833. The Balaban J connectivity index is 3.39. The topological polar surface area (TPSA) is 29.5 Å². The zero-order valence-electron chi connectivity index (χ0n) is 9.60. The van der Waals surface area contributed by atoms with Gasteiger partial charge < -0.3 is 9.84 Å². The molecule has 3 heteroatoms. The number of aliphatic hydroxyl groups excluding tert-OH is 1. The fourth-order valence-corrected chi connectivity index (χ4v) is 1.52. The van der Waals surface area contributed by atoms with E-state index in [1.807, 2.05) is 26.8 Å². The van der Waals surface area contributed by atoms with Crippen LogP contribution in [-0.4, -0.2) is 18.8 Å². The van der Waals surface area contributed by atoms with E-state index in [0.717, 1.165) is 5.56 Å². The maximum atomic E-state index is 13.6. The molecule has 0 saturated carbocycles. The third-order valence-electron chi connectivity index (χ3n) is 2.52. The molecule has 84 valence electrons. The van der Waals surface area contributed by atoms with Crippen molar-refractivity contribution in [2.24, 2.45) is 0 Å². The minimum atomic E-state index is -0.502. The van der Waals surface area contributed by atoms with Crippen molar-refractivity contribution >= 4 is 0 Å². The van der Waals surface area contributed by atoms with Crippen LogP contribution >= 0.6 is 0 Å². The van der Waals surface area contributed by atoms with Gasteiger partial charge in [-0.1, -0.05) is 19.9 Å².